The van der Waals surface area contributed by atoms with Gasteiger partial charge in [-0.15, -0.1) is 0 Å². The minimum absolute atomic E-state index is 0.156. The molecule has 0 spiro atoms. The van der Waals surface area contributed by atoms with Gasteiger partial charge in [-0.3, -0.25) is 0 Å². The summed E-state index contributed by atoms with van der Waals surface area (Å²) in [6.45, 7) is 2.23. The van der Waals surface area contributed by atoms with E-state index < -0.39 is 12.1 Å². The van der Waals surface area contributed by atoms with Crippen molar-refractivity contribution < 1.29 is 23.7 Å². The molecule has 7 heteroatoms. The van der Waals surface area contributed by atoms with E-state index in [1.165, 1.54) is 7.11 Å². The minimum Gasteiger partial charge on any atom is -0.472 e. The van der Waals surface area contributed by atoms with Crippen molar-refractivity contribution in [3.05, 3.63) is 52.0 Å². The van der Waals surface area contributed by atoms with Crippen molar-refractivity contribution in [3.8, 4) is 17.2 Å². The normalized spacial score (nSPS) is 13.3. The Hall–Kier alpha value is -1.92. The summed E-state index contributed by atoms with van der Waals surface area (Å²) in [6.07, 6.45) is 0.739. The third-order valence-electron chi connectivity index (χ3n) is 4.20. The molecule has 0 radical (unpaired) electrons. The van der Waals surface area contributed by atoms with Crippen LogP contribution in [0.25, 0.3) is 0 Å². The van der Waals surface area contributed by atoms with Gasteiger partial charge >= 0.3 is 5.97 Å². The molecule has 1 unspecified atom stereocenters. The van der Waals surface area contributed by atoms with E-state index in [0.29, 0.717) is 33.2 Å². The fourth-order valence-corrected chi connectivity index (χ4v) is 3.56. The predicted molar refractivity (Wildman–Crippen MR) is 106 cm³/mol. The quantitative estimate of drug-likeness (QED) is 0.424. The molecule has 0 saturated heterocycles. The number of methoxy groups -OCH3 is 1. The molecule has 0 aliphatic carbocycles. The maximum atomic E-state index is 12.5. The van der Waals surface area contributed by atoms with Crippen molar-refractivity contribution in [3.63, 3.8) is 0 Å². The van der Waals surface area contributed by atoms with E-state index in [9.17, 15) is 4.79 Å². The van der Waals surface area contributed by atoms with Gasteiger partial charge in [0.1, 0.15) is 5.75 Å². The Balaban J connectivity index is 1.99. The van der Waals surface area contributed by atoms with Gasteiger partial charge in [0.15, 0.2) is 11.5 Å². The third-order valence-corrected chi connectivity index (χ3v) is 5.13. The van der Waals surface area contributed by atoms with Crippen molar-refractivity contribution in [1.29, 1.82) is 0 Å². The Morgan fingerprint density at radius 2 is 2.04 bits per heavy atom. The number of fused-ring (bicyclic) bond motifs is 1. The van der Waals surface area contributed by atoms with Crippen LogP contribution in [-0.2, 0) is 21.3 Å². The predicted octanol–water partition coefficient (Wildman–Crippen LogP) is 5.21. The number of halogens is 2. The molecular weight excluding hydrogens is 436 g/mol. The Kier molecular flexibility index (Phi) is 6.50. The highest BCUT2D eigenvalue weighted by molar-refractivity contribution is 9.08. The van der Waals surface area contributed by atoms with Gasteiger partial charge in [-0.2, -0.15) is 0 Å². The van der Waals surface area contributed by atoms with E-state index in [1.807, 2.05) is 12.1 Å². The van der Waals surface area contributed by atoms with Gasteiger partial charge in [0.2, 0.25) is 12.9 Å². The maximum Gasteiger partial charge on any atom is 0.351 e. The van der Waals surface area contributed by atoms with Crippen molar-refractivity contribution in [2.24, 2.45) is 0 Å². The van der Waals surface area contributed by atoms with Gasteiger partial charge in [0.25, 0.3) is 0 Å². The van der Waals surface area contributed by atoms with Crippen LogP contribution in [0.4, 0.5) is 0 Å². The first-order valence-electron chi connectivity index (χ1n) is 8.58. The van der Waals surface area contributed by atoms with Gasteiger partial charge in [-0.25, -0.2) is 4.79 Å². The average molecular weight is 456 g/mol. The first-order chi connectivity index (χ1) is 13.1. The molecule has 1 atom stereocenters. The monoisotopic (exact) mass is 454 g/mol. The fraction of sp³-hybridized carbons (Fsp3) is 0.350. The highest BCUT2D eigenvalue weighted by Gasteiger charge is 2.28. The van der Waals surface area contributed by atoms with Crippen LogP contribution in [0.1, 0.15) is 36.1 Å². The number of hydrogen-bond donors (Lipinski definition) is 0. The van der Waals surface area contributed by atoms with E-state index in [4.69, 9.17) is 30.5 Å². The molecule has 1 aliphatic rings. The lowest BCUT2D eigenvalue weighted by atomic mass is 10.0. The molecule has 144 valence electrons. The number of carbonyl (C=O) groups is 1. The summed E-state index contributed by atoms with van der Waals surface area (Å²) in [5, 5.41) is 1.15. The Labute approximate surface area is 171 Å². The number of carbonyl (C=O) groups excluding carboxylic acids is 1. The van der Waals surface area contributed by atoms with E-state index in [2.05, 4.69) is 22.9 Å². The van der Waals surface area contributed by atoms with Crippen molar-refractivity contribution in [2.45, 2.75) is 31.2 Å². The summed E-state index contributed by atoms with van der Waals surface area (Å²) in [5.41, 5.74) is 2.61. The maximum absolute atomic E-state index is 12.5. The van der Waals surface area contributed by atoms with Crippen LogP contribution in [0.3, 0.4) is 0 Å². The topological polar surface area (TPSA) is 54.0 Å². The Bertz CT molecular complexity index is 839. The van der Waals surface area contributed by atoms with Crippen LogP contribution >= 0.6 is 27.5 Å². The summed E-state index contributed by atoms with van der Waals surface area (Å²) < 4.78 is 21.8. The molecular formula is C20H20BrClO5. The number of aryl methyl sites for hydroxylation is 1. The molecule has 0 bridgehead atoms. The van der Waals surface area contributed by atoms with Crippen LogP contribution < -0.4 is 14.2 Å². The third kappa shape index (κ3) is 4.33. The fourth-order valence-electron chi connectivity index (χ4n) is 2.93. The SMILES string of the molecule is CCCc1cc(CBr)cc(Cl)c1OC(C(=O)OC)c1ccc2c(c1)OCO2. The standard InChI is InChI=1S/C20H20BrClO5/c1-3-4-13-7-12(10-21)8-15(22)18(13)27-19(20(23)24-2)14-5-6-16-17(9-14)26-11-25-16/h5-9,19H,3-4,10-11H2,1-2H3. The first-order valence-corrected chi connectivity index (χ1v) is 10.1. The second kappa shape index (κ2) is 8.85. The smallest absolute Gasteiger partial charge is 0.351 e. The zero-order valence-corrected chi connectivity index (χ0v) is 17.4. The summed E-state index contributed by atoms with van der Waals surface area (Å²) in [4.78, 5) is 12.5. The lowest BCUT2D eigenvalue weighted by Crippen LogP contribution is -2.21. The molecule has 1 aliphatic heterocycles. The van der Waals surface area contributed by atoms with Gasteiger partial charge in [-0.1, -0.05) is 53.0 Å². The van der Waals surface area contributed by atoms with Crippen LogP contribution in [0.5, 0.6) is 17.2 Å². The number of benzene rings is 2. The van der Waals surface area contributed by atoms with Gasteiger partial charge in [0, 0.05) is 10.9 Å². The first kappa shape index (κ1) is 19.8. The molecule has 0 fully saturated rings. The summed E-state index contributed by atoms with van der Waals surface area (Å²) >= 11 is 9.93. The van der Waals surface area contributed by atoms with Crippen LogP contribution in [-0.4, -0.2) is 19.9 Å². The lowest BCUT2D eigenvalue weighted by molar-refractivity contribution is -0.149. The Morgan fingerprint density at radius 3 is 2.74 bits per heavy atom. The molecule has 3 rings (SSSR count). The van der Waals surface area contributed by atoms with E-state index >= 15 is 0 Å². The molecule has 1 heterocycles. The molecule has 2 aromatic rings. The molecule has 0 N–H and O–H groups in total. The second-order valence-electron chi connectivity index (χ2n) is 6.08. The van der Waals surface area contributed by atoms with E-state index in [-0.39, 0.29) is 6.79 Å². The zero-order valence-electron chi connectivity index (χ0n) is 15.1. The van der Waals surface area contributed by atoms with Gasteiger partial charge < -0.3 is 18.9 Å². The summed E-state index contributed by atoms with van der Waals surface area (Å²) in [6, 6.07) is 9.10. The highest BCUT2D eigenvalue weighted by atomic mass is 79.9. The lowest BCUT2D eigenvalue weighted by Gasteiger charge is -2.21. The average Bonchev–Trinajstić information content (AvgIpc) is 3.14. The van der Waals surface area contributed by atoms with Gasteiger partial charge in [0.05, 0.1) is 12.1 Å². The van der Waals surface area contributed by atoms with E-state index in [0.717, 1.165) is 24.0 Å². The van der Waals surface area contributed by atoms with E-state index in [1.54, 1.807) is 18.2 Å². The Morgan fingerprint density at radius 1 is 1.26 bits per heavy atom. The number of ether oxygens (including phenoxy) is 4. The molecule has 5 nitrogen and oxygen atoms in total. The van der Waals surface area contributed by atoms with Crippen molar-refractivity contribution in [2.75, 3.05) is 13.9 Å². The number of esters is 1. The number of rotatable bonds is 7. The van der Waals surface area contributed by atoms with Crippen LogP contribution in [0, 0.1) is 0 Å². The molecule has 2 aromatic carbocycles. The molecule has 0 aromatic heterocycles. The van der Waals surface area contributed by atoms with Gasteiger partial charge in [-0.05, 0) is 35.7 Å². The van der Waals surface area contributed by atoms with Crippen molar-refractivity contribution >= 4 is 33.5 Å². The minimum atomic E-state index is -0.965. The molecule has 0 saturated carbocycles. The number of hydrogen-bond acceptors (Lipinski definition) is 5. The second-order valence-corrected chi connectivity index (χ2v) is 7.05. The molecule has 0 amide bonds. The van der Waals surface area contributed by atoms with Crippen molar-refractivity contribution in [1.82, 2.24) is 0 Å². The van der Waals surface area contributed by atoms with Crippen LogP contribution in [0.15, 0.2) is 30.3 Å². The highest BCUT2D eigenvalue weighted by Crippen LogP contribution is 2.39. The largest absolute Gasteiger partial charge is 0.472 e. The van der Waals surface area contributed by atoms with Crippen LogP contribution in [0.2, 0.25) is 5.02 Å². The molecule has 27 heavy (non-hydrogen) atoms. The summed E-state index contributed by atoms with van der Waals surface area (Å²) in [7, 11) is 1.33. The zero-order chi connectivity index (χ0) is 19.4. The summed E-state index contributed by atoms with van der Waals surface area (Å²) in [5.74, 6) is 1.18. The number of alkyl halides is 1.